The molecule has 1 unspecified atom stereocenters. The summed E-state index contributed by atoms with van der Waals surface area (Å²) in [5.74, 6) is 0.951. The van der Waals surface area contributed by atoms with Gasteiger partial charge < -0.3 is 20.5 Å². The summed E-state index contributed by atoms with van der Waals surface area (Å²) in [6.45, 7) is 4.61. The fraction of sp³-hybridized carbons (Fsp3) is 0.533. The Kier molecular flexibility index (Phi) is 5.82. The van der Waals surface area contributed by atoms with Crippen molar-refractivity contribution >= 4 is 5.91 Å². The molecule has 1 amide bonds. The predicted octanol–water partition coefficient (Wildman–Crippen LogP) is 1.49. The quantitative estimate of drug-likeness (QED) is 0.756. The summed E-state index contributed by atoms with van der Waals surface area (Å²) in [6, 6.07) is 5.61. The molecule has 112 valence electrons. The van der Waals surface area contributed by atoms with Gasteiger partial charge in [0.2, 0.25) is 5.91 Å². The van der Waals surface area contributed by atoms with Gasteiger partial charge in [0.25, 0.3) is 0 Å². The van der Waals surface area contributed by atoms with Gasteiger partial charge >= 0.3 is 0 Å². The number of amides is 1. The number of hydrogen-bond donors (Lipinski definition) is 2. The van der Waals surface area contributed by atoms with Crippen molar-refractivity contribution in [1.29, 1.82) is 0 Å². The van der Waals surface area contributed by atoms with Gasteiger partial charge in [-0.05, 0) is 44.0 Å². The van der Waals surface area contributed by atoms with Gasteiger partial charge in [-0.1, -0.05) is 13.0 Å². The SMILES string of the molecule is CCCNC(C)(Cc1ccc(OC)c(OC)c1)C(N)=O. The molecule has 1 aromatic rings. The lowest BCUT2D eigenvalue weighted by molar-refractivity contribution is -0.123. The second-order valence-electron chi connectivity index (χ2n) is 4.99. The molecule has 0 aliphatic heterocycles. The molecule has 0 aliphatic carbocycles. The molecule has 0 saturated carbocycles. The number of carbonyl (C=O) groups excluding carboxylic acids is 1. The number of methoxy groups -OCH3 is 2. The van der Waals surface area contributed by atoms with Crippen LogP contribution in [0.1, 0.15) is 25.8 Å². The minimum Gasteiger partial charge on any atom is -0.493 e. The summed E-state index contributed by atoms with van der Waals surface area (Å²) in [6.07, 6.45) is 1.44. The molecule has 1 atom stereocenters. The number of benzene rings is 1. The van der Waals surface area contributed by atoms with Crippen LogP contribution in [0.15, 0.2) is 18.2 Å². The van der Waals surface area contributed by atoms with Crippen LogP contribution in [0.3, 0.4) is 0 Å². The summed E-state index contributed by atoms with van der Waals surface area (Å²) >= 11 is 0. The number of carbonyl (C=O) groups is 1. The summed E-state index contributed by atoms with van der Waals surface area (Å²) < 4.78 is 10.5. The Hall–Kier alpha value is -1.75. The second-order valence-corrected chi connectivity index (χ2v) is 4.99. The maximum atomic E-state index is 11.7. The largest absolute Gasteiger partial charge is 0.493 e. The van der Waals surface area contributed by atoms with Crippen molar-refractivity contribution in [1.82, 2.24) is 5.32 Å². The molecule has 3 N–H and O–H groups in total. The van der Waals surface area contributed by atoms with E-state index in [-0.39, 0.29) is 5.91 Å². The van der Waals surface area contributed by atoms with Crippen LogP contribution < -0.4 is 20.5 Å². The molecular formula is C15H24N2O3. The molecule has 20 heavy (non-hydrogen) atoms. The highest BCUT2D eigenvalue weighted by atomic mass is 16.5. The first-order chi connectivity index (χ1) is 9.46. The van der Waals surface area contributed by atoms with Crippen molar-refractivity contribution < 1.29 is 14.3 Å². The molecular weight excluding hydrogens is 256 g/mol. The van der Waals surface area contributed by atoms with Gasteiger partial charge in [-0.3, -0.25) is 4.79 Å². The van der Waals surface area contributed by atoms with E-state index >= 15 is 0 Å². The fourth-order valence-electron chi connectivity index (χ4n) is 2.04. The Morgan fingerprint density at radius 3 is 2.45 bits per heavy atom. The van der Waals surface area contributed by atoms with Crippen LogP contribution in [0.5, 0.6) is 11.5 Å². The standard InChI is InChI=1S/C15H24N2O3/c1-5-8-17-15(2,14(16)18)10-11-6-7-12(19-3)13(9-11)20-4/h6-7,9,17H,5,8,10H2,1-4H3,(H2,16,18). The molecule has 0 bridgehead atoms. The highest BCUT2D eigenvalue weighted by Gasteiger charge is 2.30. The van der Waals surface area contributed by atoms with Gasteiger partial charge in [0.15, 0.2) is 11.5 Å². The van der Waals surface area contributed by atoms with Gasteiger partial charge in [0.05, 0.1) is 19.8 Å². The number of hydrogen-bond acceptors (Lipinski definition) is 4. The van der Waals surface area contributed by atoms with E-state index in [1.165, 1.54) is 0 Å². The maximum absolute atomic E-state index is 11.7. The predicted molar refractivity (Wildman–Crippen MR) is 79.1 cm³/mol. The van der Waals surface area contributed by atoms with E-state index in [0.717, 1.165) is 18.5 Å². The van der Waals surface area contributed by atoms with Gasteiger partial charge in [-0.15, -0.1) is 0 Å². The highest BCUT2D eigenvalue weighted by molar-refractivity contribution is 5.84. The number of primary amides is 1. The molecule has 0 saturated heterocycles. The lowest BCUT2D eigenvalue weighted by Gasteiger charge is -2.27. The van der Waals surface area contributed by atoms with Crippen molar-refractivity contribution in [2.45, 2.75) is 32.2 Å². The summed E-state index contributed by atoms with van der Waals surface area (Å²) in [5.41, 5.74) is 5.73. The lowest BCUT2D eigenvalue weighted by Crippen LogP contribution is -2.54. The minimum atomic E-state index is -0.768. The zero-order chi connectivity index (χ0) is 15.2. The second kappa shape index (κ2) is 7.14. The number of nitrogens with two attached hydrogens (primary N) is 1. The molecule has 5 nitrogen and oxygen atoms in total. The number of ether oxygens (including phenoxy) is 2. The Morgan fingerprint density at radius 1 is 1.30 bits per heavy atom. The van der Waals surface area contributed by atoms with Crippen molar-refractivity contribution in [3.8, 4) is 11.5 Å². The molecule has 0 heterocycles. The summed E-state index contributed by atoms with van der Waals surface area (Å²) in [7, 11) is 3.18. The Bertz CT molecular complexity index is 462. The third-order valence-corrected chi connectivity index (χ3v) is 3.31. The van der Waals surface area contributed by atoms with E-state index in [4.69, 9.17) is 15.2 Å². The summed E-state index contributed by atoms with van der Waals surface area (Å²) in [4.78, 5) is 11.7. The smallest absolute Gasteiger partial charge is 0.237 e. The zero-order valence-electron chi connectivity index (χ0n) is 12.7. The van der Waals surface area contributed by atoms with Crippen LogP contribution in [-0.4, -0.2) is 32.2 Å². The third-order valence-electron chi connectivity index (χ3n) is 3.31. The van der Waals surface area contributed by atoms with Gasteiger partial charge in [0, 0.05) is 0 Å². The fourth-order valence-corrected chi connectivity index (χ4v) is 2.04. The van der Waals surface area contributed by atoms with Crippen LogP contribution in [-0.2, 0) is 11.2 Å². The van der Waals surface area contributed by atoms with Crippen LogP contribution >= 0.6 is 0 Å². The van der Waals surface area contributed by atoms with Crippen LogP contribution in [0.2, 0.25) is 0 Å². The van der Waals surface area contributed by atoms with E-state index in [9.17, 15) is 4.79 Å². The average molecular weight is 280 g/mol. The van der Waals surface area contributed by atoms with Gasteiger partial charge in [0.1, 0.15) is 0 Å². The highest BCUT2D eigenvalue weighted by Crippen LogP contribution is 2.29. The third kappa shape index (κ3) is 3.87. The number of nitrogens with one attached hydrogen (secondary N) is 1. The van der Waals surface area contributed by atoms with Gasteiger partial charge in [-0.2, -0.15) is 0 Å². The van der Waals surface area contributed by atoms with Crippen LogP contribution in [0.4, 0.5) is 0 Å². The molecule has 0 aromatic heterocycles. The van der Waals surface area contributed by atoms with Crippen molar-refractivity contribution in [2.24, 2.45) is 5.73 Å². The van der Waals surface area contributed by atoms with Crippen molar-refractivity contribution in [3.05, 3.63) is 23.8 Å². The molecule has 0 fully saturated rings. The summed E-state index contributed by atoms with van der Waals surface area (Å²) in [5, 5.41) is 3.21. The number of rotatable bonds is 8. The van der Waals surface area contributed by atoms with E-state index in [1.54, 1.807) is 14.2 Å². The first kappa shape index (κ1) is 16.3. The lowest BCUT2D eigenvalue weighted by atomic mass is 9.91. The Labute approximate surface area is 120 Å². The van der Waals surface area contributed by atoms with Crippen molar-refractivity contribution in [3.63, 3.8) is 0 Å². The molecule has 0 spiro atoms. The van der Waals surface area contributed by atoms with E-state index in [0.29, 0.717) is 17.9 Å². The van der Waals surface area contributed by atoms with Crippen molar-refractivity contribution in [2.75, 3.05) is 20.8 Å². The molecule has 5 heteroatoms. The monoisotopic (exact) mass is 280 g/mol. The Balaban J connectivity index is 2.96. The van der Waals surface area contributed by atoms with E-state index in [2.05, 4.69) is 5.32 Å². The van der Waals surface area contributed by atoms with E-state index in [1.807, 2.05) is 32.0 Å². The zero-order valence-corrected chi connectivity index (χ0v) is 12.7. The van der Waals surface area contributed by atoms with Crippen LogP contribution in [0.25, 0.3) is 0 Å². The minimum absolute atomic E-state index is 0.360. The molecule has 1 aromatic carbocycles. The first-order valence-corrected chi connectivity index (χ1v) is 6.72. The maximum Gasteiger partial charge on any atom is 0.237 e. The van der Waals surface area contributed by atoms with E-state index < -0.39 is 5.54 Å². The normalized spacial score (nSPS) is 13.6. The average Bonchev–Trinajstić information content (AvgIpc) is 2.44. The molecule has 0 aliphatic rings. The molecule has 1 rings (SSSR count). The van der Waals surface area contributed by atoms with Crippen LogP contribution in [0, 0.1) is 0 Å². The first-order valence-electron chi connectivity index (χ1n) is 6.72. The topological polar surface area (TPSA) is 73.6 Å². The van der Waals surface area contributed by atoms with Gasteiger partial charge in [-0.25, -0.2) is 0 Å². The molecule has 0 radical (unpaired) electrons. The Morgan fingerprint density at radius 2 is 1.95 bits per heavy atom.